The van der Waals surface area contributed by atoms with Crippen molar-refractivity contribution in [1.29, 1.82) is 0 Å². The third-order valence-electron chi connectivity index (χ3n) is 2.54. The van der Waals surface area contributed by atoms with Crippen LogP contribution in [0.4, 0.5) is 0 Å². The number of nitrogens with two attached hydrogens (primary N) is 1. The SMILES string of the molecule is CCc1cccc(Oc2nccnc2C(N)=NO)c1. The molecule has 3 N–H and O–H groups in total. The van der Waals surface area contributed by atoms with Crippen LogP contribution < -0.4 is 10.5 Å². The molecule has 19 heavy (non-hydrogen) atoms. The molecule has 0 unspecified atom stereocenters. The minimum atomic E-state index is -0.144. The van der Waals surface area contributed by atoms with Crippen LogP contribution in [-0.4, -0.2) is 21.0 Å². The standard InChI is InChI=1S/C13H14N4O2/c1-2-9-4-3-5-10(8-9)19-13-11(12(14)17-18)15-6-7-16-13/h3-8,18H,2H2,1H3,(H2,14,17). The van der Waals surface area contributed by atoms with Crippen LogP contribution in [0.15, 0.2) is 41.8 Å². The summed E-state index contributed by atoms with van der Waals surface area (Å²) in [5, 5.41) is 11.6. The van der Waals surface area contributed by atoms with Gasteiger partial charge in [0, 0.05) is 12.4 Å². The minimum absolute atomic E-state index is 0.144. The van der Waals surface area contributed by atoms with E-state index in [1.54, 1.807) is 0 Å². The molecule has 0 amide bonds. The van der Waals surface area contributed by atoms with Crippen molar-refractivity contribution >= 4 is 5.84 Å². The molecule has 0 bridgehead atoms. The molecule has 0 saturated heterocycles. The zero-order valence-electron chi connectivity index (χ0n) is 10.4. The van der Waals surface area contributed by atoms with Crippen LogP contribution in [-0.2, 0) is 6.42 Å². The Labute approximate surface area is 110 Å². The van der Waals surface area contributed by atoms with Crippen molar-refractivity contribution in [1.82, 2.24) is 9.97 Å². The van der Waals surface area contributed by atoms with Crippen LogP contribution in [0.3, 0.4) is 0 Å². The maximum atomic E-state index is 8.70. The molecule has 1 aromatic heterocycles. The Morgan fingerprint density at radius 3 is 2.89 bits per heavy atom. The maximum Gasteiger partial charge on any atom is 0.249 e. The molecule has 0 spiro atoms. The maximum absolute atomic E-state index is 8.70. The second-order valence-electron chi connectivity index (χ2n) is 3.80. The number of benzene rings is 1. The third kappa shape index (κ3) is 2.98. The number of aromatic nitrogens is 2. The summed E-state index contributed by atoms with van der Waals surface area (Å²) in [6, 6.07) is 7.62. The van der Waals surface area contributed by atoms with Gasteiger partial charge in [0.15, 0.2) is 11.5 Å². The molecular formula is C13H14N4O2. The van der Waals surface area contributed by atoms with E-state index in [0.29, 0.717) is 5.75 Å². The Kier molecular flexibility index (Phi) is 3.92. The van der Waals surface area contributed by atoms with E-state index in [-0.39, 0.29) is 17.4 Å². The second-order valence-corrected chi connectivity index (χ2v) is 3.80. The number of ether oxygens (including phenoxy) is 1. The van der Waals surface area contributed by atoms with E-state index in [2.05, 4.69) is 22.0 Å². The largest absolute Gasteiger partial charge is 0.437 e. The molecule has 0 aliphatic carbocycles. The van der Waals surface area contributed by atoms with E-state index in [4.69, 9.17) is 15.7 Å². The molecule has 0 aliphatic heterocycles. The number of rotatable bonds is 4. The average molecular weight is 258 g/mol. The molecule has 0 radical (unpaired) electrons. The number of hydrogen-bond donors (Lipinski definition) is 2. The Hall–Kier alpha value is -2.63. The second kappa shape index (κ2) is 5.81. The molecule has 0 aliphatic rings. The van der Waals surface area contributed by atoms with Crippen molar-refractivity contribution in [3.63, 3.8) is 0 Å². The van der Waals surface area contributed by atoms with Gasteiger partial charge in [-0.1, -0.05) is 24.2 Å². The van der Waals surface area contributed by atoms with Gasteiger partial charge in [-0.05, 0) is 24.1 Å². The Bertz CT molecular complexity index is 599. The van der Waals surface area contributed by atoms with Gasteiger partial charge in [-0.15, -0.1) is 0 Å². The monoisotopic (exact) mass is 258 g/mol. The highest BCUT2D eigenvalue weighted by molar-refractivity contribution is 5.97. The highest BCUT2D eigenvalue weighted by Crippen LogP contribution is 2.22. The van der Waals surface area contributed by atoms with Crippen LogP contribution in [0.1, 0.15) is 18.2 Å². The lowest BCUT2D eigenvalue weighted by Crippen LogP contribution is -2.16. The number of hydrogen-bond acceptors (Lipinski definition) is 5. The summed E-state index contributed by atoms with van der Waals surface area (Å²) in [5.41, 5.74) is 6.87. The summed E-state index contributed by atoms with van der Waals surface area (Å²) in [6.07, 6.45) is 3.83. The third-order valence-corrected chi connectivity index (χ3v) is 2.54. The molecule has 0 fully saturated rings. The van der Waals surface area contributed by atoms with E-state index in [9.17, 15) is 0 Å². The first kappa shape index (κ1) is 12.8. The predicted molar refractivity (Wildman–Crippen MR) is 70.4 cm³/mol. The van der Waals surface area contributed by atoms with Crippen LogP contribution in [0.2, 0.25) is 0 Å². The van der Waals surface area contributed by atoms with Crippen molar-refractivity contribution in [3.05, 3.63) is 47.9 Å². The Balaban J connectivity index is 2.33. The summed E-state index contributed by atoms with van der Waals surface area (Å²) in [5.74, 6) is 0.688. The summed E-state index contributed by atoms with van der Waals surface area (Å²) in [4.78, 5) is 8.03. The molecular weight excluding hydrogens is 244 g/mol. The van der Waals surface area contributed by atoms with Crippen molar-refractivity contribution in [2.75, 3.05) is 0 Å². The van der Waals surface area contributed by atoms with Crippen molar-refractivity contribution < 1.29 is 9.94 Å². The summed E-state index contributed by atoms with van der Waals surface area (Å²) >= 11 is 0. The molecule has 1 aromatic carbocycles. The quantitative estimate of drug-likeness (QED) is 0.378. The van der Waals surface area contributed by atoms with Crippen molar-refractivity contribution in [2.24, 2.45) is 10.9 Å². The fourth-order valence-electron chi connectivity index (χ4n) is 1.56. The summed E-state index contributed by atoms with van der Waals surface area (Å²) in [7, 11) is 0. The zero-order valence-corrected chi connectivity index (χ0v) is 10.4. The number of amidine groups is 1. The lowest BCUT2D eigenvalue weighted by Gasteiger charge is -2.08. The number of aryl methyl sites for hydroxylation is 1. The summed E-state index contributed by atoms with van der Waals surface area (Å²) < 4.78 is 5.63. The minimum Gasteiger partial charge on any atom is -0.437 e. The number of nitrogens with zero attached hydrogens (tertiary/aromatic N) is 3. The topological polar surface area (TPSA) is 93.6 Å². The van der Waals surface area contributed by atoms with Gasteiger partial charge in [0.25, 0.3) is 0 Å². The highest BCUT2D eigenvalue weighted by atomic mass is 16.5. The highest BCUT2D eigenvalue weighted by Gasteiger charge is 2.12. The molecule has 2 aromatic rings. The lowest BCUT2D eigenvalue weighted by molar-refractivity contribution is 0.318. The van der Waals surface area contributed by atoms with Crippen LogP contribution in [0.5, 0.6) is 11.6 Å². The first-order valence-electron chi connectivity index (χ1n) is 5.80. The molecule has 98 valence electrons. The molecule has 1 heterocycles. The smallest absolute Gasteiger partial charge is 0.249 e. The van der Waals surface area contributed by atoms with E-state index in [1.807, 2.05) is 24.3 Å². The fourth-order valence-corrected chi connectivity index (χ4v) is 1.56. The molecule has 6 heteroatoms. The van der Waals surface area contributed by atoms with Gasteiger partial charge in [0.1, 0.15) is 5.75 Å². The molecule has 0 atom stereocenters. The van der Waals surface area contributed by atoms with E-state index in [1.165, 1.54) is 12.4 Å². The molecule has 2 rings (SSSR count). The van der Waals surface area contributed by atoms with Crippen LogP contribution >= 0.6 is 0 Å². The average Bonchev–Trinajstić information content (AvgIpc) is 2.47. The van der Waals surface area contributed by atoms with Gasteiger partial charge >= 0.3 is 0 Å². The first-order valence-corrected chi connectivity index (χ1v) is 5.80. The van der Waals surface area contributed by atoms with E-state index in [0.717, 1.165) is 12.0 Å². The van der Waals surface area contributed by atoms with Gasteiger partial charge in [0.2, 0.25) is 5.88 Å². The first-order chi connectivity index (χ1) is 9.24. The van der Waals surface area contributed by atoms with E-state index < -0.39 is 0 Å². The van der Waals surface area contributed by atoms with Gasteiger partial charge in [0.05, 0.1) is 0 Å². The Morgan fingerprint density at radius 1 is 1.37 bits per heavy atom. The van der Waals surface area contributed by atoms with Gasteiger partial charge in [-0.25, -0.2) is 9.97 Å². The normalized spacial score (nSPS) is 11.3. The van der Waals surface area contributed by atoms with Gasteiger partial charge in [-0.3, -0.25) is 0 Å². The fraction of sp³-hybridized carbons (Fsp3) is 0.154. The molecule has 0 saturated carbocycles. The van der Waals surface area contributed by atoms with Crippen molar-refractivity contribution in [2.45, 2.75) is 13.3 Å². The van der Waals surface area contributed by atoms with E-state index >= 15 is 0 Å². The number of oxime groups is 1. The lowest BCUT2D eigenvalue weighted by atomic mass is 10.2. The van der Waals surface area contributed by atoms with Crippen LogP contribution in [0, 0.1) is 0 Å². The van der Waals surface area contributed by atoms with Gasteiger partial charge in [-0.2, -0.15) is 0 Å². The molecule has 6 nitrogen and oxygen atoms in total. The van der Waals surface area contributed by atoms with Crippen LogP contribution in [0.25, 0.3) is 0 Å². The van der Waals surface area contributed by atoms with Crippen molar-refractivity contribution in [3.8, 4) is 11.6 Å². The van der Waals surface area contributed by atoms with Gasteiger partial charge < -0.3 is 15.7 Å². The zero-order chi connectivity index (χ0) is 13.7. The summed E-state index contributed by atoms with van der Waals surface area (Å²) in [6.45, 7) is 2.06. The Morgan fingerprint density at radius 2 is 2.16 bits per heavy atom. The predicted octanol–water partition coefficient (Wildman–Crippen LogP) is 1.93.